The van der Waals surface area contributed by atoms with Crippen molar-refractivity contribution in [3.8, 4) is 5.75 Å². The highest BCUT2D eigenvalue weighted by Gasteiger charge is 2.38. The van der Waals surface area contributed by atoms with Crippen molar-refractivity contribution in [1.82, 2.24) is 14.8 Å². The van der Waals surface area contributed by atoms with Crippen LogP contribution in [-0.2, 0) is 10.2 Å². The van der Waals surface area contributed by atoms with Crippen LogP contribution in [0.2, 0.25) is 0 Å². The number of thiazole rings is 1. The van der Waals surface area contributed by atoms with Crippen LogP contribution in [0.25, 0.3) is 0 Å². The Morgan fingerprint density at radius 1 is 1.24 bits per heavy atom. The molecular formula is C23H33N3O2S. The quantitative estimate of drug-likeness (QED) is 0.616. The first-order valence-corrected chi connectivity index (χ1v) is 11.7. The lowest BCUT2D eigenvalue weighted by Gasteiger charge is -2.36. The molecule has 0 bridgehead atoms. The van der Waals surface area contributed by atoms with E-state index in [-0.39, 0.29) is 5.41 Å². The van der Waals surface area contributed by atoms with E-state index >= 15 is 0 Å². The van der Waals surface area contributed by atoms with Crippen molar-refractivity contribution < 1.29 is 9.47 Å². The van der Waals surface area contributed by atoms with Crippen molar-refractivity contribution in [3.05, 3.63) is 46.4 Å². The summed E-state index contributed by atoms with van der Waals surface area (Å²) in [6.45, 7) is 5.87. The van der Waals surface area contributed by atoms with Crippen molar-refractivity contribution in [2.24, 2.45) is 0 Å². The van der Waals surface area contributed by atoms with E-state index in [2.05, 4.69) is 58.5 Å². The monoisotopic (exact) mass is 415 g/mol. The minimum Gasteiger partial charge on any atom is -0.494 e. The van der Waals surface area contributed by atoms with Crippen molar-refractivity contribution in [1.29, 1.82) is 0 Å². The highest BCUT2D eigenvalue weighted by molar-refractivity contribution is 7.09. The van der Waals surface area contributed by atoms with E-state index in [4.69, 9.17) is 9.47 Å². The predicted octanol–water partition coefficient (Wildman–Crippen LogP) is 3.64. The van der Waals surface area contributed by atoms with E-state index in [1.165, 1.54) is 30.1 Å². The number of likely N-dealkylation sites (N-methyl/N-ethyl adjacent to an activating group) is 1. The molecule has 0 saturated carbocycles. The number of hydrogen-bond acceptors (Lipinski definition) is 6. The Kier molecular flexibility index (Phi) is 6.85. The molecule has 29 heavy (non-hydrogen) atoms. The zero-order valence-corrected chi connectivity index (χ0v) is 18.5. The number of hydrogen-bond donors (Lipinski definition) is 0. The molecule has 0 spiro atoms. The topological polar surface area (TPSA) is 37.8 Å². The van der Waals surface area contributed by atoms with Gasteiger partial charge in [-0.3, -0.25) is 0 Å². The van der Waals surface area contributed by atoms with Crippen LogP contribution in [0.1, 0.15) is 36.3 Å². The molecule has 1 atom stereocenters. The first kappa shape index (κ1) is 20.8. The van der Waals surface area contributed by atoms with Crippen LogP contribution in [0.5, 0.6) is 5.75 Å². The third-order valence-corrected chi connectivity index (χ3v) is 7.44. The van der Waals surface area contributed by atoms with E-state index in [9.17, 15) is 0 Å². The van der Waals surface area contributed by atoms with E-state index < -0.39 is 0 Å². The maximum absolute atomic E-state index is 6.03. The summed E-state index contributed by atoms with van der Waals surface area (Å²) in [6, 6.07) is 9.41. The largest absolute Gasteiger partial charge is 0.494 e. The van der Waals surface area contributed by atoms with Crippen LogP contribution < -0.4 is 4.74 Å². The molecule has 2 fully saturated rings. The Morgan fingerprint density at radius 2 is 2.03 bits per heavy atom. The van der Waals surface area contributed by atoms with Gasteiger partial charge in [0.25, 0.3) is 0 Å². The molecule has 1 aromatic heterocycles. The zero-order valence-electron chi connectivity index (χ0n) is 17.7. The molecule has 3 heterocycles. The number of aromatic nitrogens is 1. The van der Waals surface area contributed by atoms with Gasteiger partial charge in [-0.2, -0.15) is 0 Å². The maximum Gasteiger partial charge on any atom is 0.119 e. The van der Waals surface area contributed by atoms with E-state index in [0.29, 0.717) is 6.04 Å². The number of likely N-dealkylation sites (tertiary alicyclic amines) is 1. The van der Waals surface area contributed by atoms with Gasteiger partial charge >= 0.3 is 0 Å². The van der Waals surface area contributed by atoms with Crippen LogP contribution in [0, 0.1) is 0 Å². The highest BCUT2D eigenvalue weighted by Crippen LogP contribution is 2.42. The lowest BCUT2D eigenvalue weighted by Crippen LogP contribution is -2.34. The molecule has 2 saturated heterocycles. The average molecular weight is 416 g/mol. The van der Waals surface area contributed by atoms with Crippen LogP contribution in [0.4, 0.5) is 0 Å². The lowest BCUT2D eigenvalue weighted by atomic mass is 9.74. The Hall–Kier alpha value is -1.47. The Morgan fingerprint density at radius 3 is 2.69 bits per heavy atom. The standard InChI is InChI=1S/C23H33N3O2S/c1-25(2)20-8-13-26(18-20)12-3-14-28-21-6-4-19(5-7-21)23(9-15-27-16-10-23)22-24-11-17-29-22/h4-7,11,17,20H,3,8-10,12-16,18H2,1-2H3/t20-/m1/s1. The van der Waals surface area contributed by atoms with Gasteiger partial charge in [0.15, 0.2) is 0 Å². The summed E-state index contributed by atoms with van der Waals surface area (Å²) in [7, 11) is 4.36. The SMILES string of the molecule is CN(C)[C@@H]1CCN(CCCOc2ccc(C3(c4nccs4)CCOCC3)cc2)C1. The summed E-state index contributed by atoms with van der Waals surface area (Å²) in [5.74, 6) is 0.961. The van der Waals surface area contributed by atoms with E-state index in [0.717, 1.165) is 51.4 Å². The molecular weight excluding hydrogens is 382 g/mol. The van der Waals surface area contributed by atoms with Crippen molar-refractivity contribution in [3.63, 3.8) is 0 Å². The molecule has 0 amide bonds. The second kappa shape index (κ2) is 9.56. The average Bonchev–Trinajstić information content (AvgIpc) is 3.45. The zero-order chi connectivity index (χ0) is 20.1. The Bertz CT molecular complexity index is 742. The fourth-order valence-corrected chi connectivity index (χ4v) is 5.51. The minimum absolute atomic E-state index is 0.0102. The summed E-state index contributed by atoms with van der Waals surface area (Å²) >= 11 is 1.75. The van der Waals surface area contributed by atoms with E-state index in [1.54, 1.807) is 11.3 Å². The molecule has 6 heteroatoms. The van der Waals surface area contributed by atoms with Gasteiger partial charge in [-0.25, -0.2) is 4.98 Å². The van der Waals surface area contributed by atoms with E-state index in [1.807, 2.05) is 6.20 Å². The molecule has 2 aliphatic heterocycles. The number of nitrogens with zero attached hydrogens (tertiary/aromatic N) is 3. The van der Waals surface area contributed by atoms with Crippen LogP contribution in [0.3, 0.4) is 0 Å². The van der Waals surface area contributed by atoms with Crippen LogP contribution in [-0.4, -0.2) is 74.4 Å². The second-order valence-electron chi connectivity index (χ2n) is 8.46. The van der Waals surface area contributed by atoms with Crippen molar-refractivity contribution >= 4 is 11.3 Å². The van der Waals surface area contributed by atoms with Crippen molar-refractivity contribution in [2.75, 3.05) is 53.6 Å². The Labute approximate surface area is 178 Å². The normalized spacial score (nSPS) is 22.2. The Balaban J connectivity index is 1.30. The van der Waals surface area contributed by atoms with Gasteiger partial charge in [0, 0.05) is 43.9 Å². The number of benzene rings is 1. The van der Waals surface area contributed by atoms with Gasteiger partial charge < -0.3 is 19.3 Å². The summed E-state index contributed by atoms with van der Waals surface area (Å²) in [4.78, 5) is 9.55. The summed E-state index contributed by atoms with van der Waals surface area (Å²) in [5, 5.41) is 3.28. The summed E-state index contributed by atoms with van der Waals surface area (Å²) in [5.41, 5.74) is 1.32. The molecule has 0 N–H and O–H groups in total. The molecule has 1 aromatic carbocycles. The fourth-order valence-electron chi connectivity index (χ4n) is 4.59. The maximum atomic E-state index is 6.03. The minimum atomic E-state index is -0.0102. The lowest BCUT2D eigenvalue weighted by molar-refractivity contribution is 0.0630. The van der Waals surface area contributed by atoms with Crippen molar-refractivity contribution in [2.45, 2.75) is 37.1 Å². The smallest absolute Gasteiger partial charge is 0.119 e. The molecule has 158 valence electrons. The summed E-state index contributed by atoms with van der Waals surface area (Å²) < 4.78 is 11.7. The fraction of sp³-hybridized carbons (Fsp3) is 0.609. The summed E-state index contributed by atoms with van der Waals surface area (Å²) in [6.07, 6.45) is 6.24. The molecule has 2 aromatic rings. The van der Waals surface area contributed by atoms with Crippen LogP contribution >= 0.6 is 11.3 Å². The van der Waals surface area contributed by atoms with Gasteiger partial charge in [-0.1, -0.05) is 12.1 Å². The van der Waals surface area contributed by atoms with Gasteiger partial charge in [0.2, 0.25) is 0 Å². The molecule has 2 aliphatic rings. The third-order valence-electron chi connectivity index (χ3n) is 6.46. The number of rotatable bonds is 8. The highest BCUT2D eigenvalue weighted by atomic mass is 32.1. The molecule has 0 aliphatic carbocycles. The van der Waals surface area contributed by atoms with Gasteiger partial charge in [0.1, 0.15) is 10.8 Å². The predicted molar refractivity (Wildman–Crippen MR) is 118 cm³/mol. The molecule has 0 unspecified atom stereocenters. The third kappa shape index (κ3) is 4.82. The van der Waals surface area contributed by atoms with Gasteiger partial charge in [-0.05, 0) is 64.0 Å². The van der Waals surface area contributed by atoms with Crippen LogP contribution in [0.15, 0.2) is 35.8 Å². The molecule has 4 rings (SSSR count). The number of ether oxygens (including phenoxy) is 2. The first-order chi connectivity index (χ1) is 14.2. The van der Waals surface area contributed by atoms with Gasteiger partial charge in [-0.15, -0.1) is 11.3 Å². The molecule has 0 radical (unpaired) electrons. The van der Waals surface area contributed by atoms with Gasteiger partial charge in [0.05, 0.1) is 12.0 Å². The first-order valence-electron chi connectivity index (χ1n) is 10.8. The second-order valence-corrected chi connectivity index (χ2v) is 9.36. The molecule has 5 nitrogen and oxygen atoms in total.